The van der Waals surface area contributed by atoms with Gasteiger partial charge in [-0.25, -0.2) is 0 Å². The molecular formula is C19H32O. The molecule has 0 heterocycles. The third-order valence-electron chi connectivity index (χ3n) is 4.34. The van der Waals surface area contributed by atoms with Crippen LogP contribution in [0, 0.1) is 0 Å². The molecule has 0 bridgehead atoms. The molecule has 1 N–H and O–H groups in total. The van der Waals surface area contributed by atoms with Crippen molar-refractivity contribution in [2.45, 2.75) is 83.7 Å². The first-order chi connectivity index (χ1) is 9.73. The molecule has 0 saturated heterocycles. The van der Waals surface area contributed by atoms with E-state index in [1.807, 2.05) is 30.3 Å². The van der Waals surface area contributed by atoms with E-state index in [0.717, 1.165) is 24.8 Å². The van der Waals surface area contributed by atoms with Crippen molar-refractivity contribution in [1.29, 1.82) is 0 Å². The lowest BCUT2D eigenvalue weighted by atomic mass is 9.86. The summed E-state index contributed by atoms with van der Waals surface area (Å²) in [5.41, 5.74) is 0.453. The van der Waals surface area contributed by atoms with Gasteiger partial charge >= 0.3 is 0 Å². The number of hydrogen-bond acceptors (Lipinski definition) is 1. The van der Waals surface area contributed by atoms with Crippen LogP contribution in [0.5, 0.6) is 0 Å². The Labute approximate surface area is 125 Å². The van der Waals surface area contributed by atoms with Gasteiger partial charge in [-0.15, -0.1) is 0 Å². The second-order valence-electron chi connectivity index (χ2n) is 5.98. The Balaban J connectivity index is 2.22. The predicted octanol–water partition coefficient (Wildman–Crippen LogP) is 5.82. The van der Waals surface area contributed by atoms with Crippen molar-refractivity contribution in [3.63, 3.8) is 0 Å². The fourth-order valence-electron chi connectivity index (χ4n) is 2.82. The van der Waals surface area contributed by atoms with Crippen LogP contribution in [0.4, 0.5) is 0 Å². The van der Waals surface area contributed by atoms with Crippen LogP contribution in [0.3, 0.4) is 0 Å². The van der Waals surface area contributed by atoms with Crippen LogP contribution in [0.2, 0.25) is 0 Å². The van der Waals surface area contributed by atoms with Gasteiger partial charge in [-0.2, -0.15) is 0 Å². The van der Waals surface area contributed by atoms with Gasteiger partial charge in [-0.1, -0.05) is 95.5 Å². The maximum absolute atomic E-state index is 10.8. The van der Waals surface area contributed by atoms with E-state index < -0.39 is 5.60 Å². The molecule has 1 nitrogen and oxygen atoms in total. The molecule has 0 aliphatic rings. The Hall–Kier alpha value is -0.820. The SMILES string of the molecule is CCCCCCCCCCC(O)(CC)c1ccccc1. The van der Waals surface area contributed by atoms with E-state index in [1.165, 1.54) is 44.9 Å². The summed E-state index contributed by atoms with van der Waals surface area (Å²) in [5, 5.41) is 10.8. The van der Waals surface area contributed by atoms with E-state index in [4.69, 9.17) is 0 Å². The number of benzene rings is 1. The zero-order chi connectivity index (χ0) is 14.7. The van der Waals surface area contributed by atoms with Gasteiger partial charge < -0.3 is 5.11 Å². The largest absolute Gasteiger partial charge is 0.385 e. The number of hydrogen-bond donors (Lipinski definition) is 1. The lowest BCUT2D eigenvalue weighted by Crippen LogP contribution is -2.24. The lowest BCUT2D eigenvalue weighted by Gasteiger charge is -2.27. The monoisotopic (exact) mass is 276 g/mol. The minimum atomic E-state index is -0.622. The van der Waals surface area contributed by atoms with E-state index in [2.05, 4.69) is 13.8 Å². The summed E-state index contributed by atoms with van der Waals surface area (Å²) in [5.74, 6) is 0. The molecule has 1 unspecified atom stereocenters. The van der Waals surface area contributed by atoms with Crippen LogP contribution in [-0.2, 0) is 5.60 Å². The zero-order valence-electron chi connectivity index (χ0n) is 13.4. The summed E-state index contributed by atoms with van der Waals surface area (Å²) in [6, 6.07) is 10.1. The zero-order valence-corrected chi connectivity index (χ0v) is 13.4. The minimum absolute atomic E-state index is 0.622. The van der Waals surface area contributed by atoms with E-state index in [-0.39, 0.29) is 0 Å². The van der Waals surface area contributed by atoms with Gasteiger partial charge in [0.05, 0.1) is 5.60 Å². The molecule has 0 aliphatic carbocycles. The first-order valence-corrected chi connectivity index (χ1v) is 8.51. The first-order valence-electron chi connectivity index (χ1n) is 8.51. The van der Waals surface area contributed by atoms with Crippen molar-refractivity contribution in [2.75, 3.05) is 0 Å². The van der Waals surface area contributed by atoms with Crippen LogP contribution in [0.25, 0.3) is 0 Å². The van der Waals surface area contributed by atoms with E-state index in [9.17, 15) is 5.11 Å². The van der Waals surface area contributed by atoms with Crippen molar-refractivity contribution in [1.82, 2.24) is 0 Å². The Morgan fingerprint density at radius 2 is 1.35 bits per heavy atom. The standard InChI is InChI=1S/C19H32O/c1-3-5-6-7-8-9-10-14-17-19(20,4-2)18-15-12-11-13-16-18/h11-13,15-16,20H,3-10,14,17H2,1-2H3. The number of rotatable bonds is 11. The minimum Gasteiger partial charge on any atom is -0.385 e. The quantitative estimate of drug-likeness (QED) is 0.505. The summed E-state index contributed by atoms with van der Waals surface area (Å²) >= 11 is 0. The Bertz CT molecular complexity index is 333. The molecule has 0 fully saturated rings. The van der Waals surface area contributed by atoms with Gasteiger partial charge in [0.15, 0.2) is 0 Å². The van der Waals surface area contributed by atoms with Crippen molar-refractivity contribution in [2.24, 2.45) is 0 Å². The molecule has 0 aromatic heterocycles. The van der Waals surface area contributed by atoms with E-state index >= 15 is 0 Å². The van der Waals surface area contributed by atoms with Crippen LogP contribution in [0.1, 0.15) is 83.6 Å². The predicted molar refractivity (Wildman–Crippen MR) is 87.9 cm³/mol. The van der Waals surface area contributed by atoms with Crippen LogP contribution in [0.15, 0.2) is 30.3 Å². The molecule has 1 atom stereocenters. The van der Waals surface area contributed by atoms with Crippen LogP contribution >= 0.6 is 0 Å². The first kappa shape index (κ1) is 17.2. The molecule has 0 radical (unpaired) electrons. The molecule has 1 aromatic rings. The van der Waals surface area contributed by atoms with Gasteiger partial charge in [-0.3, -0.25) is 0 Å². The van der Waals surface area contributed by atoms with Gasteiger partial charge in [-0.05, 0) is 18.4 Å². The summed E-state index contributed by atoms with van der Waals surface area (Å²) in [6.45, 7) is 4.34. The molecule has 1 aromatic carbocycles. The second kappa shape index (κ2) is 9.99. The molecular weight excluding hydrogens is 244 g/mol. The summed E-state index contributed by atoms with van der Waals surface area (Å²) in [4.78, 5) is 0. The summed E-state index contributed by atoms with van der Waals surface area (Å²) < 4.78 is 0. The molecule has 20 heavy (non-hydrogen) atoms. The highest BCUT2D eigenvalue weighted by Gasteiger charge is 2.25. The maximum Gasteiger partial charge on any atom is 0.0893 e. The third kappa shape index (κ3) is 6.09. The summed E-state index contributed by atoms with van der Waals surface area (Å²) in [6.07, 6.45) is 12.2. The maximum atomic E-state index is 10.8. The highest BCUT2D eigenvalue weighted by atomic mass is 16.3. The molecule has 0 aliphatic heterocycles. The van der Waals surface area contributed by atoms with Gasteiger partial charge in [0.25, 0.3) is 0 Å². The van der Waals surface area contributed by atoms with Crippen LogP contribution in [-0.4, -0.2) is 5.11 Å². The van der Waals surface area contributed by atoms with Gasteiger partial charge in [0.2, 0.25) is 0 Å². The second-order valence-corrected chi connectivity index (χ2v) is 5.98. The fourth-order valence-corrected chi connectivity index (χ4v) is 2.82. The molecule has 1 heteroatoms. The number of aliphatic hydroxyl groups is 1. The molecule has 114 valence electrons. The van der Waals surface area contributed by atoms with E-state index in [1.54, 1.807) is 0 Å². The Morgan fingerprint density at radius 3 is 1.90 bits per heavy atom. The van der Waals surface area contributed by atoms with Crippen molar-refractivity contribution in [3.05, 3.63) is 35.9 Å². The fraction of sp³-hybridized carbons (Fsp3) is 0.684. The van der Waals surface area contributed by atoms with Crippen molar-refractivity contribution >= 4 is 0 Å². The smallest absolute Gasteiger partial charge is 0.0893 e. The average Bonchev–Trinajstić information content (AvgIpc) is 2.50. The highest BCUT2D eigenvalue weighted by Crippen LogP contribution is 2.30. The van der Waals surface area contributed by atoms with Crippen molar-refractivity contribution in [3.8, 4) is 0 Å². The third-order valence-corrected chi connectivity index (χ3v) is 4.34. The lowest BCUT2D eigenvalue weighted by molar-refractivity contribution is 0.0207. The highest BCUT2D eigenvalue weighted by molar-refractivity contribution is 5.21. The van der Waals surface area contributed by atoms with Gasteiger partial charge in [0.1, 0.15) is 0 Å². The summed E-state index contributed by atoms with van der Waals surface area (Å²) in [7, 11) is 0. The topological polar surface area (TPSA) is 20.2 Å². The van der Waals surface area contributed by atoms with E-state index in [0.29, 0.717) is 0 Å². The average molecular weight is 276 g/mol. The van der Waals surface area contributed by atoms with Crippen molar-refractivity contribution < 1.29 is 5.11 Å². The van der Waals surface area contributed by atoms with Crippen LogP contribution < -0.4 is 0 Å². The normalized spacial score (nSPS) is 14.2. The molecule has 0 saturated carbocycles. The molecule has 0 amide bonds. The number of unbranched alkanes of at least 4 members (excludes halogenated alkanes) is 7. The molecule has 1 rings (SSSR count). The molecule has 0 spiro atoms. The Morgan fingerprint density at radius 1 is 0.800 bits per heavy atom. The van der Waals surface area contributed by atoms with Gasteiger partial charge in [0, 0.05) is 0 Å². The Kier molecular flexibility index (Phi) is 8.60.